The third kappa shape index (κ3) is 3.41. The summed E-state index contributed by atoms with van der Waals surface area (Å²) in [4.78, 5) is 8.74. The quantitative estimate of drug-likeness (QED) is 0.556. The fourth-order valence-electron chi connectivity index (χ4n) is 3.09. The normalized spacial score (nSPS) is 12.9. The van der Waals surface area contributed by atoms with Crippen molar-refractivity contribution in [2.24, 2.45) is 0 Å². The maximum Gasteiger partial charge on any atom is 0.227 e. The summed E-state index contributed by atoms with van der Waals surface area (Å²) in [6, 6.07) is 24.7. The Morgan fingerprint density at radius 1 is 0.964 bits per heavy atom. The topological polar surface area (TPSA) is 81.8 Å². The predicted octanol–water partition coefficient (Wildman–Crippen LogP) is 4.50. The van der Waals surface area contributed by atoms with Crippen LogP contribution in [0.15, 0.2) is 79.0 Å². The molecule has 0 fully saturated rings. The molecule has 1 atom stereocenters. The minimum absolute atomic E-state index is 0.378. The van der Waals surface area contributed by atoms with Gasteiger partial charge in [0.1, 0.15) is 5.60 Å². The Morgan fingerprint density at radius 3 is 2.46 bits per heavy atom. The summed E-state index contributed by atoms with van der Waals surface area (Å²) in [5, 5.41) is 25.4. The van der Waals surface area contributed by atoms with Crippen LogP contribution in [0, 0.1) is 11.3 Å². The Morgan fingerprint density at radius 2 is 1.71 bits per heavy atom. The fraction of sp³-hybridized carbons (Fsp3) is 0.0870. The highest BCUT2D eigenvalue weighted by atomic mass is 16.3. The third-order valence-electron chi connectivity index (χ3n) is 4.74. The lowest BCUT2D eigenvalue weighted by Crippen LogP contribution is -2.24. The average molecular weight is 366 g/mol. The van der Waals surface area contributed by atoms with Crippen LogP contribution in [-0.4, -0.2) is 15.1 Å². The molecule has 1 unspecified atom stereocenters. The summed E-state index contributed by atoms with van der Waals surface area (Å²) < 4.78 is 0. The monoisotopic (exact) mass is 366 g/mol. The number of aromatic nitrogens is 2. The number of aliphatic hydroxyl groups is 1. The zero-order valence-corrected chi connectivity index (χ0v) is 15.3. The zero-order chi connectivity index (χ0) is 19.6. The van der Waals surface area contributed by atoms with Crippen molar-refractivity contribution in [2.75, 3.05) is 5.32 Å². The number of nitrogens with zero attached hydrogens (tertiary/aromatic N) is 3. The molecule has 4 aromatic rings. The second kappa shape index (κ2) is 7.10. The number of rotatable bonds is 4. The summed E-state index contributed by atoms with van der Waals surface area (Å²) in [6.07, 6.45) is 1.61. The van der Waals surface area contributed by atoms with Gasteiger partial charge in [0.05, 0.1) is 17.3 Å². The van der Waals surface area contributed by atoms with Crippen LogP contribution in [0.1, 0.15) is 23.7 Å². The number of fused-ring (bicyclic) bond motifs is 1. The molecule has 136 valence electrons. The van der Waals surface area contributed by atoms with E-state index in [-0.39, 0.29) is 0 Å². The second-order valence-electron chi connectivity index (χ2n) is 6.71. The molecular formula is C23H18N4O. The van der Waals surface area contributed by atoms with Gasteiger partial charge in [0.2, 0.25) is 5.95 Å². The van der Waals surface area contributed by atoms with Crippen molar-refractivity contribution in [3.63, 3.8) is 0 Å². The first-order valence-electron chi connectivity index (χ1n) is 8.88. The van der Waals surface area contributed by atoms with E-state index >= 15 is 0 Å². The molecule has 0 aliphatic carbocycles. The van der Waals surface area contributed by atoms with Gasteiger partial charge >= 0.3 is 0 Å². The van der Waals surface area contributed by atoms with Gasteiger partial charge in [-0.25, -0.2) is 9.97 Å². The maximum absolute atomic E-state index is 11.2. The van der Waals surface area contributed by atoms with Crippen LogP contribution in [0.3, 0.4) is 0 Å². The van der Waals surface area contributed by atoms with Gasteiger partial charge < -0.3 is 10.4 Å². The Hall–Kier alpha value is -3.75. The molecule has 0 saturated carbocycles. The number of nitrogens with one attached hydrogen (secondary N) is 1. The minimum Gasteiger partial charge on any atom is -0.379 e. The summed E-state index contributed by atoms with van der Waals surface area (Å²) >= 11 is 0. The Labute approximate surface area is 162 Å². The van der Waals surface area contributed by atoms with E-state index in [2.05, 4.69) is 21.4 Å². The van der Waals surface area contributed by atoms with Crippen LogP contribution in [0.25, 0.3) is 10.8 Å². The van der Waals surface area contributed by atoms with Crippen molar-refractivity contribution in [3.8, 4) is 6.07 Å². The van der Waals surface area contributed by atoms with Gasteiger partial charge in [0.15, 0.2) is 0 Å². The summed E-state index contributed by atoms with van der Waals surface area (Å²) in [5.74, 6) is 0.378. The molecule has 1 aromatic heterocycles. The summed E-state index contributed by atoms with van der Waals surface area (Å²) in [7, 11) is 0. The van der Waals surface area contributed by atoms with E-state index in [1.54, 1.807) is 43.5 Å². The SMILES string of the molecule is CC(O)(c1ccc2ccccc2c1)c1ccnc(Nc2ccc(C#N)cc2)n1. The smallest absolute Gasteiger partial charge is 0.227 e. The van der Waals surface area contributed by atoms with Gasteiger partial charge in [-0.05, 0) is 59.7 Å². The Balaban J connectivity index is 1.65. The first kappa shape index (κ1) is 17.7. The molecule has 0 aliphatic rings. The lowest BCUT2D eigenvalue weighted by Gasteiger charge is -2.24. The van der Waals surface area contributed by atoms with E-state index in [1.165, 1.54) is 0 Å². The van der Waals surface area contributed by atoms with Gasteiger partial charge in [0.25, 0.3) is 0 Å². The van der Waals surface area contributed by atoms with Gasteiger partial charge in [-0.2, -0.15) is 5.26 Å². The largest absolute Gasteiger partial charge is 0.379 e. The number of anilines is 2. The number of nitriles is 1. The molecule has 3 aromatic carbocycles. The molecule has 0 amide bonds. The minimum atomic E-state index is -1.27. The van der Waals surface area contributed by atoms with Crippen molar-refractivity contribution in [3.05, 3.63) is 95.8 Å². The zero-order valence-electron chi connectivity index (χ0n) is 15.3. The lowest BCUT2D eigenvalue weighted by molar-refractivity contribution is 0.0975. The van der Waals surface area contributed by atoms with Crippen molar-refractivity contribution in [1.29, 1.82) is 5.26 Å². The van der Waals surface area contributed by atoms with Crippen molar-refractivity contribution >= 4 is 22.4 Å². The molecule has 0 spiro atoms. The molecule has 2 N–H and O–H groups in total. The van der Waals surface area contributed by atoms with E-state index in [9.17, 15) is 5.11 Å². The molecule has 0 saturated heterocycles. The third-order valence-corrected chi connectivity index (χ3v) is 4.74. The van der Waals surface area contributed by atoms with E-state index in [0.717, 1.165) is 22.0 Å². The summed E-state index contributed by atoms with van der Waals surface area (Å²) in [5.41, 5.74) is 1.33. The van der Waals surface area contributed by atoms with Gasteiger partial charge in [0, 0.05) is 11.9 Å². The average Bonchev–Trinajstić information content (AvgIpc) is 2.74. The molecule has 0 bridgehead atoms. The van der Waals surface area contributed by atoms with Crippen LogP contribution in [0.4, 0.5) is 11.6 Å². The van der Waals surface area contributed by atoms with Crippen LogP contribution in [0.5, 0.6) is 0 Å². The lowest BCUT2D eigenvalue weighted by atomic mass is 9.90. The molecule has 0 aliphatic heterocycles. The first-order chi connectivity index (χ1) is 13.6. The van der Waals surface area contributed by atoms with Crippen LogP contribution in [0.2, 0.25) is 0 Å². The molecule has 1 heterocycles. The van der Waals surface area contributed by atoms with Crippen LogP contribution in [-0.2, 0) is 5.60 Å². The number of hydrogen-bond donors (Lipinski definition) is 2. The molecule has 28 heavy (non-hydrogen) atoms. The molecular weight excluding hydrogens is 348 g/mol. The Kier molecular flexibility index (Phi) is 4.48. The standard InChI is InChI=1S/C23H18N4O/c1-23(28,19-9-8-17-4-2-3-5-18(17)14-19)21-12-13-25-22(27-21)26-20-10-6-16(15-24)7-11-20/h2-14,28H,1H3,(H,25,26,27). The molecule has 5 nitrogen and oxygen atoms in total. The number of benzene rings is 3. The van der Waals surface area contributed by atoms with Gasteiger partial charge in [-0.3, -0.25) is 0 Å². The highest BCUT2D eigenvalue weighted by molar-refractivity contribution is 5.83. The van der Waals surface area contributed by atoms with Crippen molar-refractivity contribution < 1.29 is 5.11 Å². The Bertz CT molecular complexity index is 1180. The maximum atomic E-state index is 11.2. The van der Waals surface area contributed by atoms with E-state index < -0.39 is 5.60 Å². The highest BCUT2D eigenvalue weighted by Crippen LogP contribution is 2.30. The van der Waals surface area contributed by atoms with Gasteiger partial charge in [-0.15, -0.1) is 0 Å². The van der Waals surface area contributed by atoms with Crippen LogP contribution >= 0.6 is 0 Å². The van der Waals surface area contributed by atoms with E-state index in [4.69, 9.17) is 5.26 Å². The molecule has 5 heteroatoms. The van der Waals surface area contributed by atoms with Gasteiger partial charge in [-0.1, -0.05) is 36.4 Å². The first-order valence-corrected chi connectivity index (χ1v) is 8.88. The van der Waals surface area contributed by atoms with Crippen molar-refractivity contribution in [1.82, 2.24) is 9.97 Å². The van der Waals surface area contributed by atoms with E-state index in [1.807, 2.05) is 42.5 Å². The fourth-order valence-corrected chi connectivity index (χ4v) is 3.09. The number of hydrogen-bond acceptors (Lipinski definition) is 5. The van der Waals surface area contributed by atoms with Crippen molar-refractivity contribution in [2.45, 2.75) is 12.5 Å². The predicted molar refractivity (Wildman–Crippen MR) is 109 cm³/mol. The van der Waals surface area contributed by atoms with E-state index in [0.29, 0.717) is 17.2 Å². The second-order valence-corrected chi connectivity index (χ2v) is 6.71. The highest BCUT2D eigenvalue weighted by Gasteiger charge is 2.28. The molecule has 0 radical (unpaired) electrons. The molecule has 4 rings (SSSR count). The van der Waals surface area contributed by atoms with Crippen LogP contribution < -0.4 is 5.32 Å². The summed E-state index contributed by atoms with van der Waals surface area (Å²) in [6.45, 7) is 1.73.